The molecule has 0 atom stereocenters. The zero-order valence-corrected chi connectivity index (χ0v) is 11.6. The molecule has 1 aromatic carbocycles. The van der Waals surface area contributed by atoms with Gasteiger partial charge >= 0.3 is 0 Å². The highest BCUT2D eigenvalue weighted by Gasteiger charge is 2.11. The van der Waals surface area contributed by atoms with Gasteiger partial charge < -0.3 is 10.1 Å². The molecule has 0 aliphatic heterocycles. The Morgan fingerprint density at radius 2 is 2.22 bits per heavy atom. The summed E-state index contributed by atoms with van der Waals surface area (Å²) in [4.78, 5) is 10.9. The first kappa shape index (κ1) is 14.9. The van der Waals surface area contributed by atoms with E-state index in [1.807, 2.05) is 6.92 Å². The topological polar surface area (TPSA) is 38.3 Å². The summed E-state index contributed by atoms with van der Waals surface area (Å²) in [6.45, 7) is 3.59. The fourth-order valence-corrected chi connectivity index (χ4v) is 1.87. The molecule has 0 bridgehead atoms. The Hall–Kier alpha value is -1.20. The summed E-state index contributed by atoms with van der Waals surface area (Å²) in [5, 5.41) is 3.02. The van der Waals surface area contributed by atoms with E-state index in [4.69, 9.17) is 28.6 Å². The number of carbonyl (C=O) groups excluding carboxylic acids is 1. The van der Waals surface area contributed by atoms with Crippen LogP contribution in [0.5, 0.6) is 0 Å². The minimum absolute atomic E-state index is 0.0844. The number of thiocarbonyl (C=S) groups is 1. The highest BCUT2D eigenvalue weighted by Crippen LogP contribution is 2.25. The van der Waals surface area contributed by atoms with Crippen molar-refractivity contribution in [3.8, 4) is 0 Å². The molecule has 1 N–H and O–H groups in total. The van der Waals surface area contributed by atoms with Crippen LogP contribution in [0, 0.1) is 5.82 Å². The minimum Gasteiger partial charge on any atom is -0.487 e. The van der Waals surface area contributed by atoms with Crippen LogP contribution in [-0.2, 0) is 16.0 Å². The molecule has 0 aliphatic rings. The molecule has 0 unspecified atom stereocenters. The number of hydrogen-bond donors (Lipinski definition) is 1. The predicted molar refractivity (Wildman–Crippen MR) is 73.6 cm³/mol. The number of hydrogen-bond acceptors (Lipinski definition) is 3. The number of benzene rings is 1. The molecule has 0 heterocycles. The van der Waals surface area contributed by atoms with Gasteiger partial charge in [0, 0.05) is 18.4 Å². The Labute approximate surface area is 115 Å². The third-order valence-corrected chi connectivity index (χ3v) is 2.70. The first-order valence-electron chi connectivity index (χ1n) is 5.35. The molecule has 0 spiro atoms. The lowest BCUT2D eigenvalue weighted by molar-refractivity contribution is -0.114. The van der Waals surface area contributed by atoms with Crippen molar-refractivity contribution in [2.24, 2.45) is 0 Å². The summed E-state index contributed by atoms with van der Waals surface area (Å²) in [7, 11) is 0. The average molecular weight is 290 g/mol. The maximum Gasteiger partial charge on any atom is 0.221 e. The minimum atomic E-state index is -0.582. The molecule has 0 saturated carbocycles. The van der Waals surface area contributed by atoms with Crippen molar-refractivity contribution >= 4 is 40.5 Å². The van der Waals surface area contributed by atoms with E-state index in [2.05, 4.69) is 5.32 Å². The van der Waals surface area contributed by atoms with Crippen LogP contribution in [-0.4, -0.2) is 17.6 Å². The molecule has 18 heavy (non-hydrogen) atoms. The van der Waals surface area contributed by atoms with Crippen molar-refractivity contribution in [3.63, 3.8) is 0 Å². The monoisotopic (exact) mass is 289 g/mol. The van der Waals surface area contributed by atoms with Crippen LogP contribution in [0.15, 0.2) is 12.1 Å². The number of halogens is 2. The summed E-state index contributed by atoms with van der Waals surface area (Å²) in [6.07, 6.45) is 0.300. The first-order chi connectivity index (χ1) is 8.43. The summed E-state index contributed by atoms with van der Waals surface area (Å²) in [6, 6.07) is 2.61. The van der Waals surface area contributed by atoms with Crippen molar-refractivity contribution in [2.45, 2.75) is 20.3 Å². The van der Waals surface area contributed by atoms with E-state index in [1.165, 1.54) is 13.0 Å². The largest absolute Gasteiger partial charge is 0.487 e. The highest BCUT2D eigenvalue weighted by atomic mass is 35.5. The van der Waals surface area contributed by atoms with Crippen molar-refractivity contribution in [1.29, 1.82) is 0 Å². The molecule has 1 rings (SSSR count). The molecular weight excluding hydrogens is 277 g/mol. The van der Waals surface area contributed by atoms with E-state index < -0.39 is 5.82 Å². The number of anilines is 1. The van der Waals surface area contributed by atoms with Gasteiger partial charge in [0.1, 0.15) is 5.82 Å². The third kappa shape index (κ3) is 4.23. The Bertz CT molecular complexity index is 479. The van der Waals surface area contributed by atoms with Crippen LogP contribution >= 0.6 is 23.8 Å². The second-order valence-corrected chi connectivity index (χ2v) is 4.45. The first-order valence-corrected chi connectivity index (χ1v) is 6.13. The standard InChI is InChI=1S/C12H13ClFNO2S/c1-3-17-12(18)5-8-4-11(15-7(2)16)10(14)6-9(8)13/h4,6H,3,5H2,1-2H3,(H,15,16). The highest BCUT2D eigenvalue weighted by molar-refractivity contribution is 7.80. The van der Waals surface area contributed by atoms with Crippen molar-refractivity contribution in [2.75, 3.05) is 11.9 Å². The van der Waals surface area contributed by atoms with Gasteiger partial charge in [-0.2, -0.15) is 0 Å². The third-order valence-electron chi connectivity index (χ3n) is 2.09. The van der Waals surface area contributed by atoms with Gasteiger partial charge in [0.05, 0.1) is 12.3 Å². The van der Waals surface area contributed by atoms with Crippen LogP contribution in [0.2, 0.25) is 5.02 Å². The molecule has 0 radical (unpaired) electrons. The SMILES string of the molecule is CCOC(=S)Cc1cc(NC(C)=O)c(F)cc1Cl. The molecule has 1 aromatic rings. The number of carbonyl (C=O) groups is 1. The maximum atomic E-state index is 13.5. The van der Waals surface area contributed by atoms with Crippen LogP contribution in [0.25, 0.3) is 0 Å². The van der Waals surface area contributed by atoms with Gasteiger partial charge in [0.2, 0.25) is 5.91 Å². The number of ether oxygens (including phenoxy) is 1. The van der Waals surface area contributed by atoms with Gasteiger partial charge in [-0.3, -0.25) is 4.79 Å². The number of rotatable bonds is 4. The van der Waals surface area contributed by atoms with E-state index in [0.717, 1.165) is 6.07 Å². The summed E-state index contributed by atoms with van der Waals surface area (Å²) < 4.78 is 18.7. The lowest BCUT2D eigenvalue weighted by Gasteiger charge is -2.10. The molecule has 0 aromatic heterocycles. The van der Waals surface area contributed by atoms with Crippen molar-refractivity contribution in [1.82, 2.24) is 0 Å². The Balaban J connectivity index is 2.97. The van der Waals surface area contributed by atoms with E-state index in [1.54, 1.807) is 0 Å². The normalized spacial score (nSPS) is 10.0. The second kappa shape index (κ2) is 6.66. The zero-order valence-electron chi connectivity index (χ0n) is 10.0. The van der Waals surface area contributed by atoms with Gasteiger partial charge in [0.15, 0.2) is 5.05 Å². The average Bonchev–Trinajstić information content (AvgIpc) is 2.24. The lowest BCUT2D eigenvalue weighted by atomic mass is 10.1. The fraction of sp³-hybridized carbons (Fsp3) is 0.333. The zero-order chi connectivity index (χ0) is 13.7. The van der Waals surface area contributed by atoms with E-state index >= 15 is 0 Å². The predicted octanol–water partition coefficient (Wildman–Crippen LogP) is 3.34. The molecule has 0 fully saturated rings. The van der Waals surface area contributed by atoms with Crippen LogP contribution in [0.4, 0.5) is 10.1 Å². The Morgan fingerprint density at radius 3 is 2.78 bits per heavy atom. The number of nitrogens with one attached hydrogen (secondary N) is 1. The molecule has 3 nitrogen and oxygen atoms in total. The van der Waals surface area contributed by atoms with Gasteiger partial charge in [-0.1, -0.05) is 11.6 Å². The van der Waals surface area contributed by atoms with E-state index in [9.17, 15) is 9.18 Å². The molecule has 98 valence electrons. The van der Waals surface area contributed by atoms with Crippen molar-refractivity contribution < 1.29 is 13.9 Å². The van der Waals surface area contributed by atoms with E-state index in [0.29, 0.717) is 23.6 Å². The van der Waals surface area contributed by atoms with Crippen LogP contribution < -0.4 is 5.32 Å². The molecule has 0 saturated heterocycles. The van der Waals surface area contributed by atoms with Gasteiger partial charge in [-0.15, -0.1) is 0 Å². The van der Waals surface area contributed by atoms with Gasteiger partial charge in [0.25, 0.3) is 0 Å². The Morgan fingerprint density at radius 1 is 1.56 bits per heavy atom. The molecule has 6 heteroatoms. The van der Waals surface area contributed by atoms with Crippen molar-refractivity contribution in [3.05, 3.63) is 28.5 Å². The quantitative estimate of drug-likeness (QED) is 0.864. The van der Waals surface area contributed by atoms with Crippen LogP contribution in [0.1, 0.15) is 19.4 Å². The smallest absolute Gasteiger partial charge is 0.221 e. The lowest BCUT2D eigenvalue weighted by Crippen LogP contribution is -2.10. The fourth-order valence-electron chi connectivity index (χ4n) is 1.38. The second-order valence-electron chi connectivity index (χ2n) is 3.59. The molecule has 1 amide bonds. The molecular formula is C12H13ClFNO2S. The van der Waals surface area contributed by atoms with Gasteiger partial charge in [-0.05, 0) is 36.8 Å². The summed E-state index contributed by atoms with van der Waals surface area (Å²) >= 11 is 10.9. The maximum absolute atomic E-state index is 13.5. The van der Waals surface area contributed by atoms with Gasteiger partial charge in [-0.25, -0.2) is 4.39 Å². The Kier molecular flexibility index (Phi) is 5.50. The summed E-state index contributed by atoms with van der Waals surface area (Å²) in [5.74, 6) is -0.934. The molecule has 0 aliphatic carbocycles. The van der Waals surface area contributed by atoms with E-state index in [-0.39, 0.29) is 16.6 Å². The summed E-state index contributed by atoms with van der Waals surface area (Å²) in [5.41, 5.74) is 0.696. The number of amides is 1. The van der Waals surface area contributed by atoms with Crippen LogP contribution in [0.3, 0.4) is 0 Å².